The van der Waals surface area contributed by atoms with Crippen molar-refractivity contribution in [2.24, 2.45) is 0 Å². The Morgan fingerprint density at radius 1 is 1.17 bits per heavy atom. The van der Waals surface area contributed by atoms with Crippen LogP contribution in [-0.2, 0) is 11.3 Å². The average molecular weight is 395 g/mol. The molecule has 0 spiro atoms. The molecule has 6 nitrogen and oxygen atoms in total. The van der Waals surface area contributed by atoms with Crippen LogP contribution in [0.3, 0.4) is 0 Å². The lowest BCUT2D eigenvalue weighted by Gasteiger charge is -2.35. The van der Waals surface area contributed by atoms with Gasteiger partial charge >= 0.3 is 0 Å². The Morgan fingerprint density at radius 3 is 2.62 bits per heavy atom. The number of hydrogen-bond donors (Lipinski definition) is 0. The fourth-order valence-corrected chi connectivity index (χ4v) is 3.82. The van der Waals surface area contributed by atoms with Crippen molar-refractivity contribution in [3.8, 4) is 0 Å². The van der Waals surface area contributed by atoms with Crippen molar-refractivity contribution in [3.05, 3.63) is 76.0 Å². The first-order valence-corrected chi connectivity index (χ1v) is 9.60. The average Bonchev–Trinajstić information content (AvgIpc) is 2.70. The van der Waals surface area contributed by atoms with Crippen molar-refractivity contribution in [2.75, 3.05) is 13.1 Å². The minimum atomic E-state index is -0.476. The van der Waals surface area contributed by atoms with Gasteiger partial charge in [0.2, 0.25) is 0 Å². The van der Waals surface area contributed by atoms with E-state index in [0.717, 1.165) is 0 Å². The molecule has 29 heavy (non-hydrogen) atoms. The van der Waals surface area contributed by atoms with E-state index in [1.807, 2.05) is 13.8 Å². The van der Waals surface area contributed by atoms with Crippen LogP contribution in [0.15, 0.2) is 53.5 Å². The molecule has 0 bridgehead atoms. The zero-order valence-corrected chi connectivity index (χ0v) is 16.3. The van der Waals surface area contributed by atoms with Crippen LogP contribution >= 0.6 is 0 Å². The summed E-state index contributed by atoms with van der Waals surface area (Å²) in [5.74, 6) is -0.749. The van der Waals surface area contributed by atoms with Gasteiger partial charge in [-0.2, -0.15) is 0 Å². The standard InChI is InChI=1S/C22H22FN3O3/c1-14-11-25(12-15(2)29-14)21(27)18-10-16-7-5-9-24-20(16)26(22(18)28)13-17-6-3-4-8-19(17)23/h3-10,14-15H,11-13H2,1-2H3/t14-,15-/m1/s1. The summed E-state index contributed by atoms with van der Waals surface area (Å²) in [6, 6.07) is 11.4. The minimum Gasteiger partial charge on any atom is -0.372 e. The number of fused-ring (bicyclic) bond motifs is 1. The Kier molecular flexibility index (Phi) is 5.15. The van der Waals surface area contributed by atoms with E-state index in [-0.39, 0.29) is 30.2 Å². The zero-order valence-electron chi connectivity index (χ0n) is 16.3. The van der Waals surface area contributed by atoms with Crippen LogP contribution in [0.2, 0.25) is 0 Å². The van der Waals surface area contributed by atoms with Gasteiger partial charge in [-0.3, -0.25) is 14.2 Å². The SMILES string of the molecule is C[C@@H]1CN(C(=O)c2cc3cccnc3n(Cc3ccccc3F)c2=O)C[C@@H](C)O1. The predicted octanol–water partition coefficient (Wildman–Crippen LogP) is 2.83. The molecule has 0 saturated carbocycles. The topological polar surface area (TPSA) is 64.4 Å². The van der Waals surface area contributed by atoms with Crippen LogP contribution in [0.5, 0.6) is 0 Å². The van der Waals surface area contributed by atoms with Crippen molar-refractivity contribution < 1.29 is 13.9 Å². The fraction of sp³-hybridized carbons (Fsp3) is 0.318. The third-order valence-corrected chi connectivity index (χ3v) is 5.07. The molecule has 1 aliphatic heterocycles. The summed E-state index contributed by atoms with van der Waals surface area (Å²) < 4.78 is 21.3. The molecule has 0 N–H and O–H groups in total. The summed E-state index contributed by atoms with van der Waals surface area (Å²) in [7, 11) is 0. The maximum atomic E-state index is 14.2. The van der Waals surface area contributed by atoms with Crippen molar-refractivity contribution in [2.45, 2.75) is 32.6 Å². The highest BCUT2D eigenvalue weighted by Crippen LogP contribution is 2.17. The predicted molar refractivity (Wildman–Crippen MR) is 107 cm³/mol. The number of rotatable bonds is 3. The molecule has 0 radical (unpaired) electrons. The number of carbonyl (C=O) groups excluding carboxylic acids is 1. The van der Waals surface area contributed by atoms with Crippen molar-refractivity contribution in [1.82, 2.24) is 14.5 Å². The Balaban J connectivity index is 1.81. The van der Waals surface area contributed by atoms with Gasteiger partial charge in [0, 0.05) is 30.2 Å². The lowest BCUT2D eigenvalue weighted by atomic mass is 10.1. The third kappa shape index (κ3) is 3.78. The van der Waals surface area contributed by atoms with Crippen LogP contribution in [-0.4, -0.2) is 45.7 Å². The van der Waals surface area contributed by atoms with Gasteiger partial charge in [0.15, 0.2) is 0 Å². The Hall–Kier alpha value is -3.06. The molecule has 1 saturated heterocycles. The molecule has 2 atom stereocenters. The summed E-state index contributed by atoms with van der Waals surface area (Å²) >= 11 is 0. The van der Waals surface area contributed by atoms with Crippen LogP contribution in [0.25, 0.3) is 11.0 Å². The first-order chi connectivity index (χ1) is 13.9. The number of halogens is 1. The smallest absolute Gasteiger partial charge is 0.265 e. The van der Waals surface area contributed by atoms with E-state index in [9.17, 15) is 14.0 Å². The molecule has 7 heteroatoms. The molecule has 1 aromatic carbocycles. The van der Waals surface area contributed by atoms with Gasteiger partial charge in [0.05, 0.1) is 18.8 Å². The summed E-state index contributed by atoms with van der Waals surface area (Å²) in [4.78, 5) is 32.4. The molecule has 1 aliphatic rings. The second-order valence-corrected chi connectivity index (χ2v) is 7.42. The molecule has 0 unspecified atom stereocenters. The van der Waals surface area contributed by atoms with Crippen molar-refractivity contribution in [3.63, 3.8) is 0 Å². The second-order valence-electron chi connectivity index (χ2n) is 7.42. The Bertz CT molecular complexity index is 1120. The molecule has 2 aromatic heterocycles. The van der Waals surface area contributed by atoms with Crippen molar-refractivity contribution >= 4 is 16.9 Å². The maximum Gasteiger partial charge on any atom is 0.265 e. The molecule has 3 heterocycles. The largest absolute Gasteiger partial charge is 0.372 e. The Morgan fingerprint density at radius 2 is 1.90 bits per heavy atom. The van der Waals surface area contributed by atoms with Crippen LogP contribution in [0.1, 0.15) is 29.8 Å². The van der Waals surface area contributed by atoms with Gasteiger partial charge in [-0.05, 0) is 38.1 Å². The number of pyridine rings is 2. The number of amides is 1. The monoisotopic (exact) mass is 395 g/mol. The van der Waals surface area contributed by atoms with E-state index in [4.69, 9.17) is 4.74 Å². The van der Waals surface area contributed by atoms with E-state index < -0.39 is 11.4 Å². The van der Waals surface area contributed by atoms with Gasteiger partial charge in [0.25, 0.3) is 11.5 Å². The molecule has 3 aromatic rings. The minimum absolute atomic E-state index is 0.00391. The quantitative estimate of drug-likeness (QED) is 0.684. The van der Waals surface area contributed by atoms with E-state index in [2.05, 4.69) is 4.98 Å². The molecule has 150 valence electrons. The van der Waals surface area contributed by atoms with E-state index in [1.54, 1.807) is 47.5 Å². The van der Waals surface area contributed by atoms with E-state index >= 15 is 0 Å². The second kappa shape index (κ2) is 7.75. The molecule has 1 fully saturated rings. The maximum absolute atomic E-state index is 14.2. The van der Waals surface area contributed by atoms with Crippen molar-refractivity contribution in [1.29, 1.82) is 0 Å². The molecular formula is C22H22FN3O3. The highest BCUT2D eigenvalue weighted by Gasteiger charge is 2.29. The normalized spacial score (nSPS) is 19.5. The number of carbonyl (C=O) groups is 1. The molecule has 1 amide bonds. The summed E-state index contributed by atoms with van der Waals surface area (Å²) in [6.45, 7) is 4.63. The fourth-order valence-electron chi connectivity index (χ4n) is 3.82. The molecule has 4 rings (SSSR count). The molecule has 0 aliphatic carbocycles. The summed E-state index contributed by atoms with van der Waals surface area (Å²) in [5, 5.41) is 0.654. The first-order valence-electron chi connectivity index (χ1n) is 9.60. The molecular weight excluding hydrogens is 373 g/mol. The third-order valence-electron chi connectivity index (χ3n) is 5.07. The van der Waals surface area contributed by atoms with E-state index in [1.165, 1.54) is 10.6 Å². The number of nitrogens with zero attached hydrogens (tertiary/aromatic N) is 3. The lowest BCUT2D eigenvalue weighted by Crippen LogP contribution is -2.49. The van der Waals surface area contributed by atoms with Crippen LogP contribution in [0, 0.1) is 5.82 Å². The zero-order chi connectivity index (χ0) is 20.5. The number of benzene rings is 1. The van der Waals surface area contributed by atoms with Gasteiger partial charge < -0.3 is 9.64 Å². The van der Waals surface area contributed by atoms with Gasteiger partial charge in [0.1, 0.15) is 17.0 Å². The van der Waals surface area contributed by atoms with Gasteiger partial charge in [-0.25, -0.2) is 9.37 Å². The highest BCUT2D eigenvalue weighted by atomic mass is 19.1. The van der Waals surface area contributed by atoms with Gasteiger partial charge in [-0.1, -0.05) is 18.2 Å². The van der Waals surface area contributed by atoms with E-state index in [0.29, 0.717) is 29.7 Å². The first kappa shape index (κ1) is 19.3. The highest BCUT2D eigenvalue weighted by molar-refractivity contribution is 5.97. The number of morpholine rings is 1. The number of ether oxygens (including phenoxy) is 1. The Labute approximate surface area is 167 Å². The lowest BCUT2D eigenvalue weighted by molar-refractivity contribution is -0.0586. The summed E-state index contributed by atoms with van der Waals surface area (Å²) in [5.41, 5.74) is 0.361. The van der Waals surface area contributed by atoms with Crippen LogP contribution in [0.4, 0.5) is 4.39 Å². The number of aromatic nitrogens is 2. The summed E-state index contributed by atoms with van der Waals surface area (Å²) in [6.07, 6.45) is 1.36. The number of hydrogen-bond acceptors (Lipinski definition) is 4. The van der Waals surface area contributed by atoms with Crippen LogP contribution < -0.4 is 5.56 Å². The van der Waals surface area contributed by atoms with Gasteiger partial charge in [-0.15, -0.1) is 0 Å².